The second kappa shape index (κ2) is 4.84. The van der Waals surface area contributed by atoms with Gasteiger partial charge in [0.15, 0.2) is 0 Å². The third-order valence-electron chi connectivity index (χ3n) is 3.64. The Morgan fingerprint density at radius 2 is 1.89 bits per heavy atom. The number of fused-ring (bicyclic) bond motifs is 1. The van der Waals surface area contributed by atoms with Gasteiger partial charge in [-0.25, -0.2) is 0 Å². The molecule has 3 nitrogen and oxygen atoms in total. The highest BCUT2D eigenvalue weighted by Crippen LogP contribution is 2.24. The van der Waals surface area contributed by atoms with E-state index in [0.717, 1.165) is 22.9 Å². The number of Topliss-reactive ketones (excluding diaryl/α,β-unsaturated/α-hetero) is 1. The van der Waals surface area contributed by atoms with Crippen LogP contribution >= 0.6 is 0 Å². The summed E-state index contributed by atoms with van der Waals surface area (Å²) in [5.74, 6) is -0.553. The summed E-state index contributed by atoms with van der Waals surface area (Å²) in [4.78, 5) is 23.6. The Labute approximate surface area is 111 Å². The number of benzene rings is 2. The normalized spacial score (nSPS) is 18.7. The fourth-order valence-corrected chi connectivity index (χ4v) is 2.59. The van der Waals surface area contributed by atoms with Crippen molar-refractivity contribution in [2.24, 2.45) is 5.92 Å². The summed E-state index contributed by atoms with van der Waals surface area (Å²) < 4.78 is 0. The molecule has 2 aromatic rings. The molecule has 0 heterocycles. The summed E-state index contributed by atoms with van der Waals surface area (Å²) in [5.41, 5.74) is 0.753. The van der Waals surface area contributed by atoms with Crippen LogP contribution in [0.4, 0.5) is 5.69 Å². The number of nitrogens with one attached hydrogen (secondary N) is 1. The molecule has 19 heavy (non-hydrogen) atoms. The van der Waals surface area contributed by atoms with E-state index >= 15 is 0 Å². The molecular weight excluding hydrogens is 238 g/mol. The molecule has 1 N–H and O–H groups in total. The molecule has 1 aliphatic carbocycles. The molecule has 1 amide bonds. The second-order valence-electron chi connectivity index (χ2n) is 4.96. The van der Waals surface area contributed by atoms with E-state index in [1.807, 2.05) is 42.5 Å². The van der Waals surface area contributed by atoms with Gasteiger partial charge in [0.1, 0.15) is 5.78 Å². The van der Waals surface area contributed by atoms with Crippen LogP contribution in [0.5, 0.6) is 0 Å². The highest BCUT2D eigenvalue weighted by atomic mass is 16.2. The molecule has 1 fully saturated rings. The van der Waals surface area contributed by atoms with E-state index in [1.54, 1.807) is 0 Å². The van der Waals surface area contributed by atoms with Crippen LogP contribution in [0.3, 0.4) is 0 Å². The molecular formula is C16H15NO2. The van der Waals surface area contributed by atoms with Gasteiger partial charge in [0.25, 0.3) is 0 Å². The summed E-state index contributed by atoms with van der Waals surface area (Å²) in [7, 11) is 0. The van der Waals surface area contributed by atoms with Crippen LogP contribution in [-0.2, 0) is 9.59 Å². The minimum Gasteiger partial charge on any atom is -0.325 e. The van der Waals surface area contributed by atoms with Crippen molar-refractivity contribution >= 4 is 28.2 Å². The van der Waals surface area contributed by atoms with Gasteiger partial charge in [-0.05, 0) is 35.7 Å². The number of rotatable bonds is 2. The maximum atomic E-state index is 12.0. The van der Waals surface area contributed by atoms with Crippen LogP contribution in [0.2, 0.25) is 0 Å². The van der Waals surface area contributed by atoms with E-state index in [2.05, 4.69) is 5.32 Å². The molecule has 96 valence electrons. The molecule has 2 aromatic carbocycles. The average molecular weight is 253 g/mol. The van der Waals surface area contributed by atoms with Crippen molar-refractivity contribution in [3.8, 4) is 0 Å². The lowest BCUT2D eigenvalue weighted by Gasteiger charge is -2.10. The first-order valence-corrected chi connectivity index (χ1v) is 6.56. The highest BCUT2D eigenvalue weighted by molar-refractivity contribution is 6.08. The first kappa shape index (κ1) is 11.9. The van der Waals surface area contributed by atoms with E-state index in [9.17, 15) is 9.59 Å². The van der Waals surface area contributed by atoms with Crippen LogP contribution in [0.1, 0.15) is 19.3 Å². The SMILES string of the molecule is O=C1CCC[C@@H]1C(=O)Nc1ccc2ccccc2c1. The fraction of sp³-hybridized carbons (Fsp3) is 0.250. The van der Waals surface area contributed by atoms with Crippen LogP contribution in [-0.4, -0.2) is 11.7 Å². The Bertz CT molecular complexity index is 648. The number of ketones is 1. The predicted octanol–water partition coefficient (Wildman–Crippen LogP) is 3.15. The Hall–Kier alpha value is -2.16. The standard InChI is InChI=1S/C16H15NO2/c18-15-7-3-6-14(15)16(19)17-13-9-8-11-4-1-2-5-12(11)10-13/h1-2,4-5,8-10,14H,3,6-7H2,(H,17,19)/t14-/m0/s1. The third-order valence-corrected chi connectivity index (χ3v) is 3.64. The zero-order chi connectivity index (χ0) is 13.2. The minimum absolute atomic E-state index is 0.0679. The minimum atomic E-state index is -0.452. The van der Waals surface area contributed by atoms with Crippen LogP contribution < -0.4 is 5.32 Å². The highest BCUT2D eigenvalue weighted by Gasteiger charge is 2.30. The summed E-state index contributed by atoms with van der Waals surface area (Å²) in [6.45, 7) is 0. The molecule has 1 aliphatic rings. The van der Waals surface area contributed by atoms with Crippen LogP contribution in [0, 0.1) is 5.92 Å². The monoisotopic (exact) mass is 253 g/mol. The molecule has 0 bridgehead atoms. The van der Waals surface area contributed by atoms with Crippen molar-refractivity contribution in [3.05, 3.63) is 42.5 Å². The molecule has 0 spiro atoms. The van der Waals surface area contributed by atoms with Gasteiger partial charge >= 0.3 is 0 Å². The van der Waals surface area contributed by atoms with Crippen molar-refractivity contribution in [1.29, 1.82) is 0 Å². The average Bonchev–Trinajstić information content (AvgIpc) is 2.85. The Kier molecular flexibility index (Phi) is 3.03. The van der Waals surface area contributed by atoms with Crippen molar-refractivity contribution in [2.75, 3.05) is 5.32 Å². The van der Waals surface area contributed by atoms with E-state index < -0.39 is 5.92 Å². The van der Waals surface area contributed by atoms with Gasteiger partial charge in [-0.1, -0.05) is 30.3 Å². The molecule has 1 saturated carbocycles. The number of amides is 1. The first-order valence-electron chi connectivity index (χ1n) is 6.56. The third kappa shape index (κ3) is 2.36. The molecule has 0 aliphatic heterocycles. The van der Waals surface area contributed by atoms with E-state index in [0.29, 0.717) is 12.8 Å². The van der Waals surface area contributed by atoms with Crippen molar-refractivity contribution in [3.63, 3.8) is 0 Å². The largest absolute Gasteiger partial charge is 0.325 e. The Morgan fingerprint density at radius 1 is 1.11 bits per heavy atom. The van der Waals surface area contributed by atoms with Gasteiger partial charge in [-0.3, -0.25) is 9.59 Å². The number of hydrogen-bond acceptors (Lipinski definition) is 2. The maximum Gasteiger partial charge on any atom is 0.234 e. The zero-order valence-electron chi connectivity index (χ0n) is 10.6. The quantitative estimate of drug-likeness (QED) is 0.836. The van der Waals surface area contributed by atoms with E-state index in [1.165, 1.54) is 0 Å². The second-order valence-corrected chi connectivity index (χ2v) is 4.96. The van der Waals surface area contributed by atoms with Crippen LogP contribution in [0.25, 0.3) is 10.8 Å². The lowest BCUT2D eigenvalue weighted by molar-refractivity contribution is -0.129. The number of hydrogen-bond donors (Lipinski definition) is 1. The number of anilines is 1. The summed E-state index contributed by atoms with van der Waals surface area (Å²) >= 11 is 0. The predicted molar refractivity (Wildman–Crippen MR) is 74.9 cm³/mol. The van der Waals surface area contributed by atoms with Crippen molar-refractivity contribution in [2.45, 2.75) is 19.3 Å². The van der Waals surface area contributed by atoms with E-state index in [4.69, 9.17) is 0 Å². The molecule has 1 atom stereocenters. The van der Waals surface area contributed by atoms with Gasteiger partial charge in [0.05, 0.1) is 5.92 Å². The van der Waals surface area contributed by atoms with E-state index in [-0.39, 0.29) is 11.7 Å². The van der Waals surface area contributed by atoms with Gasteiger partial charge in [-0.15, -0.1) is 0 Å². The van der Waals surface area contributed by atoms with Crippen LogP contribution in [0.15, 0.2) is 42.5 Å². The number of carbonyl (C=O) groups excluding carboxylic acids is 2. The van der Waals surface area contributed by atoms with Gasteiger partial charge in [0.2, 0.25) is 5.91 Å². The van der Waals surface area contributed by atoms with Crippen molar-refractivity contribution in [1.82, 2.24) is 0 Å². The number of carbonyl (C=O) groups is 2. The molecule has 0 unspecified atom stereocenters. The van der Waals surface area contributed by atoms with Gasteiger partial charge in [-0.2, -0.15) is 0 Å². The van der Waals surface area contributed by atoms with Crippen molar-refractivity contribution < 1.29 is 9.59 Å². The molecule has 0 aromatic heterocycles. The lowest BCUT2D eigenvalue weighted by Crippen LogP contribution is -2.25. The summed E-state index contributed by atoms with van der Waals surface area (Å²) in [6.07, 6.45) is 2.04. The molecule has 3 heteroatoms. The molecule has 0 radical (unpaired) electrons. The maximum absolute atomic E-state index is 12.0. The zero-order valence-corrected chi connectivity index (χ0v) is 10.6. The summed E-state index contributed by atoms with van der Waals surface area (Å²) in [6, 6.07) is 13.8. The Morgan fingerprint density at radius 3 is 2.63 bits per heavy atom. The lowest BCUT2D eigenvalue weighted by atomic mass is 10.1. The Balaban J connectivity index is 1.81. The first-order chi connectivity index (χ1) is 9.24. The topological polar surface area (TPSA) is 46.2 Å². The molecule has 3 rings (SSSR count). The summed E-state index contributed by atoms with van der Waals surface area (Å²) in [5, 5.41) is 5.06. The smallest absolute Gasteiger partial charge is 0.234 e. The van der Waals surface area contributed by atoms with Gasteiger partial charge in [0, 0.05) is 12.1 Å². The fourth-order valence-electron chi connectivity index (χ4n) is 2.59. The van der Waals surface area contributed by atoms with Gasteiger partial charge < -0.3 is 5.32 Å². The molecule has 0 saturated heterocycles.